The summed E-state index contributed by atoms with van der Waals surface area (Å²) in [5.74, 6) is -1.35. The van der Waals surface area contributed by atoms with E-state index in [1.165, 1.54) is 0 Å². The predicted octanol–water partition coefficient (Wildman–Crippen LogP) is 1.87. The van der Waals surface area contributed by atoms with Gasteiger partial charge in [-0.15, -0.1) is 5.10 Å². The van der Waals surface area contributed by atoms with Crippen molar-refractivity contribution in [3.63, 3.8) is 0 Å². The Balaban J connectivity index is 1.53. The summed E-state index contributed by atoms with van der Waals surface area (Å²) in [7, 11) is 0. The summed E-state index contributed by atoms with van der Waals surface area (Å²) in [6, 6.07) is 13.7. The largest absolute Gasteiger partial charge is 0.452 e. The number of nitrogens with zero attached hydrogens (tertiary/aromatic N) is 3. The molecule has 3 rings (SSSR count). The Labute approximate surface area is 167 Å². The topological polar surface area (TPSA) is 115 Å². The number of carbonyl (C=O) groups excluding carboxylic acids is 3. The summed E-state index contributed by atoms with van der Waals surface area (Å²) in [6.45, 7) is 3.48. The number of nitrogens with one attached hydrogen (secondary N) is 2. The number of urea groups is 1. The molecule has 0 saturated carbocycles. The molecule has 0 saturated heterocycles. The first-order valence-corrected chi connectivity index (χ1v) is 9.07. The molecule has 1 heterocycles. The van der Waals surface area contributed by atoms with E-state index in [-0.39, 0.29) is 6.04 Å². The zero-order valence-electron chi connectivity index (χ0n) is 16.1. The molecule has 3 aromatic rings. The van der Waals surface area contributed by atoms with E-state index in [1.54, 1.807) is 42.8 Å². The number of imide groups is 1. The summed E-state index contributed by atoms with van der Waals surface area (Å²) >= 11 is 0. The fourth-order valence-electron chi connectivity index (χ4n) is 2.63. The number of hydrogen-bond acceptors (Lipinski definition) is 6. The molecule has 0 aliphatic rings. The Morgan fingerprint density at radius 1 is 1.07 bits per heavy atom. The third-order valence-electron chi connectivity index (χ3n) is 3.95. The lowest BCUT2D eigenvalue weighted by Gasteiger charge is -2.09. The van der Waals surface area contributed by atoms with Crippen LogP contribution in [0.5, 0.6) is 0 Å². The Kier molecular flexibility index (Phi) is 6.18. The van der Waals surface area contributed by atoms with E-state index >= 15 is 0 Å². The van der Waals surface area contributed by atoms with Crippen molar-refractivity contribution in [2.45, 2.75) is 26.4 Å². The van der Waals surface area contributed by atoms with E-state index in [0.29, 0.717) is 12.1 Å². The van der Waals surface area contributed by atoms with Crippen molar-refractivity contribution in [2.24, 2.45) is 0 Å². The molecule has 0 bridgehead atoms. The van der Waals surface area contributed by atoms with Gasteiger partial charge in [-0.2, -0.15) is 0 Å². The highest BCUT2D eigenvalue weighted by molar-refractivity contribution is 5.97. The second-order valence-corrected chi connectivity index (χ2v) is 6.69. The van der Waals surface area contributed by atoms with Crippen LogP contribution in [0.25, 0.3) is 11.0 Å². The number of para-hydroxylation sites is 1. The number of fused-ring (bicyclic) bond motifs is 1. The molecule has 0 aliphatic carbocycles. The lowest BCUT2D eigenvalue weighted by atomic mass is 10.1. The molecule has 2 aromatic carbocycles. The van der Waals surface area contributed by atoms with Crippen molar-refractivity contribution in [3.8, 4) is 0 Å². The minimum atomic E-state index is -0.703. The van der Waals surface area contributed by atoms with Crippen LogP contribution in [0, 0.1) is 0 Å². The molecule has 0 radical (unpaired) electrons. The van der Waals surface area contributed by atoms with E-state index in [4.69, 9.17) is 4.74 Å². The van der Waals surface area contributed by atoms with Gasteiger partial charge in [0, 0.05) is 6.04 Å². The molecular weight excluding hydrogens is 374 g/mol. The van der Waals surface area contributed by atoms with E-state index in [9.17, 15) is 14.4 Å². The van der Waals surface area contributed by atoms with E-state index in [2.05, 4.69) is 20.9 Å². The third kappa shape index (κ3) is 5.38. The molecule has 0 unspecified atom stereocenters. The van der Waals surface area contributed by atoms with Crippen molar-refractivity contribution in [2.75, 3.05) is 6.61 Å². The molecule has 1 aromatic heterocycles. The molecule has 3 amide bonds. The SMILES string of the molecule is CC(C)NC(=O)NC(=O)COC(=O)c1ccc(Cn2nnc3ccccc32)cc1. The molecule has 29 heavy (non-hydrogen) atoms. The molecular formula is C20H21N5O4. The lowest BCUT2D eigenvalue weighted by Crippen LogP contribution is -2.44. The summed E-state index contributed by atoms with van der Waals surface area (Å²) in [6.07, 6.45) is 0. The predicted molar refractivity (Wildman–Crippen MR) is 105 cm³/mol. The van der Waals surface area contributed by atoms with E-state index in [0.717, 1.165) is 16.6 Å². The van der Waals surface area contributed by atoms with Crippen LogP contribution in [0.15, 0.2) is 48.5 Å². The first-order chi connectivity index (χ1) is 13.9. The summed E-state index contributed by atoms with van der Waals surface area (Å²) in [4.78, 5) is 35.2. The maximum absolute atomic E-state index is 12.1. The van der Waals surface area contributed by atoms with Crippen LogP contribution in [0.2, 0.25) is 0 Å². The van der Waals surface area contributed by atoms with E-state index in [1.807, 2.05) is 24.3 Å². The quantitative estimate of drug-likeness (QED) is 0.616. The van der Waals surface area contributed by atoms with Gasteiger partial charge in [0.2, 0.25) is 0 Å². The van der Waals surface area contributed by atoms with Crippen molar-refractivity contribution >= 4 is 28.9 Å². The van der Waals surface area contributed by atoms with Crippen molar-refractivity contribution in [1.82, 2.24) is 25.6 Å². The number of aromatic nitrogens is 3. The molecule has 0 fully saturated rings. The molecule has 0 spiro atoms. The Hall–Kier alpha value is -3.75. The maximum atomic E-state index is 12.1. The summed E-state index contributed by atoms with van der Waals surface area (Å²) < 4.78 is 6.71. The van der Waals surface area contributed by atoms with Crippen molar-refractivity contribution in [1.29, 1.82) is 0 Å². The average Bonchev–Trinajstić information content (AvgIpc) is 3.09. The highest BCUT2D eigenvalue weighted by atomic mass is 16.5. The molecule has 2 N–H and O–H groups in total. The Morgan fingerprint density at radius 2 is 1.79 bits per heavy atom. The number of ether oxygens (including phenoxy) is 1. The molecule has 0 atom stereocenters. The van der Waals surface area contributed by atoms with Gasteiger partial charge in [0.05, 0.1) is 17.6 Å². The minimum Gasteiger partial charge on any atom is -0.452 e. The van der Waals surface area contributed by atoms with Gasteiger partial charge in [0.25, 0.3) is 5.91 Å². The standard InChI is InChI=1S/C20H21N5O4/c1-13(2)21-20(28)22-18(26)12-29-19(27)15-9-7-14(8-10-15)11-25-17-6-4-3-5-16(17)23-24-25/h3-10,13H,11-12H2,1-2H3,(H2,21,22,26,28). The Morgan fingerprint density at radius 3 is 2.52 bits per heavy atom. The number of amides is 3. The highest BCUT2D eigenvalue weighted by Gasteiger charge is 2.13. The fourth-order valence-corrected chi connectivity index (χ4v) is 2.63. The van der Waals surface area contributed by atoms with Gasteiger partial charge < -0.3 is 10.1 Å². The van der Waals surface area contributed by atoms with Crippen LogP contribution in [0.1, 0.15) is 29.8 Å². The monoisotopic (exact) mass is 395 g/mol. The van der Waals surface area contributed by atoms with E-state index < -0.39 is 24.5 Å². The summed E-state index contributed by atoms with van der Waals surface area (Å²) in [5.41, 5.74) is 2.97. The lowest BCUT2D eigenvalue weighted by molar-refractivity contribution is -0.123. The van der Waals surface area contributed by atoms with Crippen LogP contribution in [-0.4, -0.2) is 45.6 Å². The van der Waals surface area contributed by atoms with Gasteiger partial charge in [-0.25, -0.2) is 14.3 Å². The number of benzene rings is 2. The normalized spacial score (nSPS) is 10.7. The zero-order chi connectivity index (χ0) is 20.8. The fraction of sp³-hybridized carbons (Fsp3) is 0.250. The Bertz CT molecular complexity index is 1030. The molecule has 9 heteroatoms. The average molecular weight is 395 g/mol. The number of carbonyl (C=O) groups is 3. The second kappa shape index (κ2) is 8.96. The van der Waals surface area contributed by atoms with Crippen LogP contribution in [0.3, 0.4) is 0 Å². The van der Waals surface area contributed by atoms with Gasteiger partial charge in [-0.05, 0) is 43.7 Å². The van der Waals surface area contributed by atoms with Gasteiger partial charge >= 0.3 is 12.0 Å². The van der Waals surface area contributed by atoms with Crippen molar-refractivity contribution in [3.05, 3.63) is 59.7 Å². The minimum absolute atomic E-state index is 0.112. The van der Waals surface area contributed by atoms with Crippen LogP contribution >= 0.6 is 0 Å². The van der Waals surface area contributed by atoms with Crippen molar-refractivity contribution < 1.29 is 19.1 Å². The molecule has 9 nitrogen and oxygen atoms in total. The summed E-state index contributed by atoms with van der Waals surface area (Å²) in [5, 5.41) is 12.8. The maximum Gasteiger partial charge on any atom is 0.338 e. The number of esters is 1. The zero-order valence-corrected chi connectivity index (χ0v) is 16.1. The van der Waals surface area contributed by atoms with Crippen LogP contribution in [-0.2, 0) is 16.1 Å². The van der Waals surface area contributed by atoms with Gasteiger partial charge in [-0.3, -0.25) is 10.1 Å². The number of rotatable bonds is 6. The molecule has 0 aliphatic heterocycles. The highest BCUT2D eigenvalue weighted by Crippen LogP contribution is 2.13. The van der Waals surface area contributed by atoms with Gasteiger partial charge in [-0.1, -0.05) is 29.5 Å². The van der Waals surface area contributed by atoms with Crippen LogP contribution < -0.4 is 10.6 Å². The first kappa shape index (κ1) is 20.0. The van der Waals surface area contributed by atoms with Gasteiger partial charge in [0.15, 0.2) is 6.61 Å². The van der Waals surface area contributed by atoms with Crippen LogP contribution in [0.4, 0.5) is 4.79 Å². The van der Waals surface area contributed by atoms with Gasteiger partial charge in [0.1, 0.15) is 5.52 Å². The molecule has 150 valence electrons. The number of hydrogen-bond donors (Lipinski definition) is 2. The third-order valence-corrected chi connectivity index (χ3v) is 3.95. The first-order valence-electron chi connectivity index (χ1n) is 9.07. The smallest absolute Gasteiger partial charge is 0.338 e. The second-order valence-electron chi connectivity index (χ2n) is 6.69.